The van der Waals surface area contributed by atoms with E-state index in [2.05, 4.69) is 27.9 Å². The zero-order valence-corrected chi connectivity index (χ0v) is 12.0. The van der Waals surface area contributed by atoms with Gasteiger partial charge in [0.05, 0.1) is 25.0 Å². The first-order valence-electron chi connectivity index (χ1n) is 7.48. The summed E-state index contributed by atoms with van der Waals surface area (Å²) in [6.07, 6.45) is 6.48. The molecular weight excluding hydrogens is 266 g/mol. The molecule has 0 bridgehead atoms. The maximum atomic E-state index is 10.6. The van der Waals surface area contributed by atoms with Gasteiger partial charge in [-0.3, -0.25) is 14.6 Å². The van der Waals surface area contributed by atoms with E-state index in [9.17, 15) is 4.79 Å². The van der Waals surface area contributed by atoms with Crippen LogP contribution in [-0.2, 0) is 16.1 Å². The van der Waals surface area contributed by atoms with E-state index in [4.69, 9.17) is 4.84 Å². The number of carbonyl (C=O) groups is 1. The van der Waals surface area contributed by atoms with Crippen molar-refractivity contribution in [3.05, 3.63) is 35.9 Å². The van der Waals surface area contributed by atoms with Gasteiger partial charge < -0.3 is 5.32 Å². The van der Waals surface area contributed by atoms with Gasteiger partial charge in [-0.1, -0.05) is 30.3 Å². The van der Waals surface area contributed by atoms with Gasteiger partial charge >= 0.3 is 0 Å². The zero-order chi connectivity index (χ0) is 14.5. The number of aryl methyl sites for hydroxylation is 1. The summed E-state index contributed by atoms with van der Waals surface area (Å²) in [6, 6.07) is 10.7. The van der Waals surface area contributed by atoms with Crippen molar-refractivity contribution in [3.63, 3.8) is 0 Å². The minimum Gasteiger partial charge on any atom is -0.371 e. The van der Waals surface area contributed by atoms with Crippen LogP contribution in [0.4, 0.5) is 0 Å². The third-order valence-corrected chi connectivity index (χ3v) is 4.61. The lowest BCUT2D eigenvalue weighted by Crippen LogP contribution is -2.45. The van der Waals surface area contributed by atoms with Crippen LogP contribution < -0.4 is 10.8 Å². The van der Waals surface area contributed by atoms with Crippen LogP contribution in [0, 0.1) is 5.41 Å². The van der Waals surface area contributed by atoms with Gasteiger partial charge in [-0.05, 0) is 31.2 Å². The molecule has 1 aliphatic carbocycles. The van der Waals surface area contributed by atoms with E-state index < -0.39 is 0 Å². The Hall–Kier alpha value is -1.88. The van der Waals surface area contributed by atoms with Gasteiger partial charge in [-0.2, -0.15) is 0 Å². The molecule has 1 aromatic rings. The van der Waals surface area contributed by atoms with Crippen LogP contribution in [0.15, 0.2) is 35.3 Å². The van der Waals surface area contributed by atoms with Gasteiger partial charge in [0.2, 0.25) is 6.41 Å². The van der Waals surface area contributed by atoms with Gasteiger partial charge in [-0.25, -0.2) is 5.48 Å². The highest BCUT2D eigenvalue weighted by Gasteiger charge is 2.56. The first-order valence-corrected chi connectivity index (χ1v) is 7.48. The lowest BCUT2D eigenvalue weighted by molar-refractivity contribution is -0.131. The number of benzene rings is 1. The van der Waals surface area contributed by atoms with Gasteiger partial charge in [0.25, 0.3) is 0 Å². The Kier molecular flexibility index (Phi) is 4.20. The molecular formula is C16H21N3O2. The first kappa shape index (κ1) is 14.1. The fourth-order valence-corrected chi connectivity index (χ4v) is 3.26. The molecule has 0 spiro atoms. The number of nitrogens with zero attached hydrogens (tertiary/aromatic N) is 1. The number of hydroxylamine groups is 1. The SMILES string of the molecule is O=CNOC(CCc1ccccc1)C1(C2CN=CN2)CC1. The van der Waals surface area contributed by atoms with Crippen LogP contribution in [-0.4, -0.2) is 31.4 Å². The van der Waals surface area contributed by atoms with Crippen LogP contribution in [0.25, 0.3) is 0 Å². The summed E-state index contributed by atoms with van der Waals surface area (Å²) in [7, 11) is 0. The molecule has 2 atom stereocenters. The Balaban J connectivity index is 1.64. The van der Waals surface area contributed by atoms with Crippen LogP contribution in [0.1, 0.15) is 24.8 Å². The minimum absolute atomic E-state index is 0.0158. The van der Waals surface area contributed by atoms with E-state index in [1.165, 1.54) is 5.56 Å². The molecule has 2 aliphatic rings. The van der Waals surface area contributed by atoms with E-state index in [1.807, 2.05) is 18.2 Å². The van der Waals surface area contributed by atoms with Crippen molar-refractivity contribution in [1.82, 2.24) is 10.8 Å². The van der Waals surface area contributed by atoms with Crippen molar-refractivity contribution in [2.45, 2.75) is 37.8 Å². The summed E-state index contributed by atoms with van der Waals surface area (Å²) < 4.78 is 0. The summed E-state index contributed by atoms with van der Waals surface area (Å²) in [5.74, 6) is 0. The fraction of sp³-hybridized carbons (Fsp3) is 0.500. The molecule has 21 heavy (non-hydrogen) atoms. The van der Waals surface area contributed by atoms with Gasteiger partial charge in [0.15, 0.2) is 0 Å². The molecule has 5 heteroatoms. The third-order valence-electron chi connectivity index (χ3n) is 4.61. The number of hydrogen-bond donors (Lipinski definition) is 2. The number of hydrogen-bond acceptors (Lipinski definition) is 4. The largest absolute Gasteiger partial charge is 0.371 e. The Morgan fingerprint density at radius 2 is 2.24 bits per heavy atom. The molecule has 1 aliphatic heterocycles. The monoisotopic (exact) mass is 287 g/mol. The van der Waals surface area contributed by atoms with Crippen molar-refractivity contribution >= 4 is 12.7 Å². The van der Waals surface area contributed by atoms with Crippen molar-refractivity contribution in [3.8, 4) is 0 Å². The number of amides is 1. The molecule has 3 rings (SSSR count). The molecule has 2 unspecified atom stereocenters. The molecule has 0 radical (unpaired) electrons. The third kappa shape index (κ3) is 3.08. The van der Waals surface area contributed by atoms with Crippen LogP contribution in [0.2, 0.25) is 0 Å². The van der Waals surface area contributed by atoms with E-state index in [1.54, 1.807) is 6.34 Å². The molecule has 1 aromatic carbocycles. The second-order valence-electron chi connectivity index (χ2n) is 5.81. The maximum Gasteiger partial charge on any atom is 0.230 e. The van der Waals surface area contributed by atoms with Crippen LogP contribution in [0.5, 0.6) is 0 Å². The summed E-state index contributed by atoms with van der Waals surface area (Å²) >= 11 is 0. The van der Waals surface area contributed by atoms with E-state index in [0.29, 0.717) is 12.5 Å². The number of carbonyl (C=O) groups excluding carboxylic acids is 1. The standard InChI is InChI=1S/C16H21N3O2/c20-12-19-21-15(7-6-13-4-2-1-3-5-13)16(8-9-16)14-10-17-11-18-14/h1-5,11-12,14-15H,6-10H2,(H,17,18)(H,19,20). The van der Waals surface area contributed by atoms with E-state index in [-0.39, 0.29) is 11.5 Å². The molecule has 1 fully saturated rings. The van der Waals surface area contributed by atoms with Gasteiger partial charge in [-0.15, -0.1) is 0 Å². The molecule has 112 valence electrons. The second kappa shape index (κ2) is 6.26. The van der Waals surface area contributed by atoms with Crippen molar-refractivity contribution in [1.29, 1.82) is 0 Å². The van der Waals surface area contributed by atoms with E-state index in [0.717, 1.165) is 32.2 Å². The summed E-state index contributed by atoms with van der Waals surface area (Å²) in [6.45, 7) is 0.798. The Bertz CT molecular complexity index is 492. The highest BCUT2D eigenvalue weighted by Crippen LogP contribution is 2.54. The summed E-state index contributed by atoms with van der Waals surface area (Å²) in [5.41, 5.74) is 3.80. The summed E-state index contributed by atoms with van der Waals surface area (Å²) in [5, 5.41) is 3.33. The van der Waals surface area contributed by atoms with Gasteiger partial charge in [0.1, 0.15) is 0 Å². The Labute approximate surface area is 124 Å². The fourth-order valence-electron chi connectivity index (χ4n) is 3.26. The summed E-state index contributed by atoms with van der Waals surface area (Å²) in [4.78, 5) is 20.5. The lowest BCUT2D eigenvalue weighted by Gasteiger charge is -2.31. The molecule has 0 saturated heterocycles. The van der Waals surface area contributed by atoms with E-state index >= 15 is 0 Å². The number of nitrogens with one attached hydrogen (secondary N) is 2. The predicted octanol–water partition coefficient (Wildman–Crippen LogP) is 1.45. The predicted molar refractivity (Wildman–Crippen MR) is 80.8 cm³/mol. The quantitative estimate of drug-likeness (QED) is 0.562. The average molecular weight is 287 g/mol. The van der Waals surface area contributed by atoms with Crippen molar-refractivity contribution < 1.29 is 9.63 Å². The first-order chi connectivity index (χ1) is 10.3. The maximum absolute atomic E-state index is 10.6. The average Bonchev–Trinajstić information content (AvgIpc) is 3.14. The smallest absolute Gasteiger partial charge is 0.230 e. The molecule has 0 aromatic heterocycles. The van der Waals surface area contributed by atoms with Gasteiger partial charge in [0, 0.05) is 5.41 Å². The Morgan fingerprint density at radius 3 is 2.86 bits per heavy atom. The molecule has 1 amide bonds. The highest BCUT2D eigenvalue weighted by molar-refractivity contribution is 5.58. The number of rotatable bonds is 8. The minimum atomic E-state index is 0.0158. The molecule has 1 saturated carbocycles. The number of aliphatic imine (C=N–C) groups is 1. The van der Waals surface area contributed by atoms with Crippen LogP contribution >= 0.6 is 0 Å². The Morgan fingerprint density at radius 1 is 1.43 bits per heavy atom. The lowest BCUT2D eigenvalue weighted by atomic mass is 9.87. The topological polar surface area (TPSA) is 62.7 Å². The molecule has 1 heterocycles. The highest BCUT2D eigenvalue weighted by atomic mass is 16.7. The normalized spacial score (nSPS) is 23.3. The zero-order valence-electron chi connectivity index (χ0n) is 12.0. The molecule has 5 nitrogen and oxygen atoms in total. The van der Waals surface area contributed by atoms with Crippen molar-refractivity contribution in [2.24, 2.45) is 10.4 Å². The van der Waals surface area contributed by atoms with Crippen molar-refractivity contribution in [2.75, 3.05) is 6.54 Å². The van der Waals surface area contributed by atoms with Crippen LogP contribution in [0.3, 0.4) is 0 Å². The second-order valence-corrected chi connectivity index (χ2v) is 5.81. The molecule has 2 N–H and O–H groups in total.